The standard InChI is InChI=1S/C24H35IN2O5/c1-3-5-6-9-13-27(22(29)4-2)19-15-17(24(31)26-12-14-28)16-21(23(19)30)32-20-11-8-7-10-18(20)25/h7-8,10-11,16,19,21,23,28,30H,3-6,9,12-15H2,1-2H3,(H,26,31). The van der Waals surface area contributed by atoms with E-state index in [1.807, 2.05) is 31.2 Å². The Morgan fingerprint density at radius 2 is 1.97 bits per heavy atom. The molecule has 0 radical (unpaired) electrons. The van der Waals surface area contributed by atoms with Gasteiger partial charge in [-0.1, -0.05) is 45.2 Å². The van der Waals surface area contributed by atoms with Gasteiger partial charge >= 0.3 is 0 Å². The van der Waals surface area contributed by atoms with Crippen molar-refractivity contribution in [2.45, 2.75) is 70.6 Å². The third-order valence-electron chi connectivity index (χ3n) is 5.59. The summed E-state index contributed by atoms with van der Waals surface area (Å²) in [6.07, 6.45) is 4.51. The molecule has 1 aromatic carbocycles. The maximum atomic E-state index is 12.8. The van der Waals surface area contributed by atoms with E-state index in [1.165, 1.54) is 0 Å². The normalized spacial score (nSPS) is 20.4. The Labute approximate surface area is 204 Å². The summed E-state index contributed by atoms with van der Waals surface area (Å²) in [5.41, 5.74) is 0.451. The number of carbonyl (C=O) groups is 2. The molecule has 2 amide bonds. The highest BCUT2D eigenvalue weighted by Crippen LogP contribution is 2.30. The molecule has 0 fully saturated rings. The van der Waals surface area contributed by atoms with Gasteiger partial charge in [0.2, 0.25) is 11.8 Å². The molecule has 1 aliphatic rings. The van der Waals surface area contributed by atoms with E-state index in [9.17, 15) is 14.7 Å². The van der Waals surface area contributed by atoms with Crippen molar-refractivity contribution in [2.24, 2.45) is 0 Å². The third-order valence-corrected chi connectivity index (χ3v) is 6.48. The summed E-state index contributed by atoms with van der Waals surface area (Å²) in [5, 5.41) is 23.0. The number of rotatable bonds is 12. The lowest BCUT2D eigenvalue weighted by Gasteiger charge is -2.40. The number of aliphatic hydroxyl groups is 2. The van der Waals surface area contributed by atoms with Crippen molar-refractivity contribution < 1.29 is 24.5 Å². The number of unbranched alkanes of at least 4 members (excludes halogenated alkanes) is 3. The smallest absolute Gasteiger partial charge is 0.247 e. The average molecular weight is 558 g/mol. The molecule has 0 bridgehead atoms. The zero-order chi connectivity index (χ0) is 23.5. The molecule has 32 heavy (non-hydrogen) atoms. The van der Waals surface area contributed by atoms with Crippen LogP contribution >= 0.6 is 22.6 Å². The molecule has 1 aliphatic carbocycles. The number of amides is 2. The molecule has 0 aromatic heterocycles. The minimum Gasteiger partial charge on any atom is -0.482 e. The van der Waals surface area contributed by atoms with Crippen LogP contribution < -0.4 is 10.1 Å². The van der Waals surface area contributed by atoms with Gasteiger partial charge in [-0.25, -0.2) is 0 Å². The SMILES string of the molecule is CCCCCCN(C(=O)CC)C1CC(C(=O)NCCO)=CC(Oc2ccccc2I)C1O. The van der Waals surface area contributed by atoms with Crippen molar-refractivity contribution >= 4 is 34.4 Å². The van der Waals surface area contributed by atoms with Crippen LogP contribution in [0.4, 0.5) is 0 Å². The van der Waals surface area contributed by atoms with E-state index in [-0.39, 0.29) is 31.4 Å². The Hall–Kier alpha value is -1.65. The molecular weight excluding hydrogens is 523 g/mol. The molecule has 0 heterocycles. The van der Waals surface area contributed by atoms with Crippen LogP contribution in [0, 0.1) is 3.57 Å². The predicted molar refractivity (Wildman–Crippen MR) is 132 cm³/mol. The van der Waals surface area contributed by atoms with Gasteiger partial charge in [0.05, 0.1) is 16.2 Å². The van der Waals surface area contributed by atoms with Gasteiger partial charge in [0.1, 0.15) is 18.0 Å². The highest BCUT2D eigenvalue weighted by atomic mass is 127. The van der Waals surface area contributed by atoms with E-state index < -0.39 is 18.2 Å². The zero-order valence-electron chi connectivity index (χ0n) is 18.9. The van der Waals surface area contributed by atoms with Crippen LogP contribution in [0.1, 0.15) is 52.4 Å². The number of ether oxygens (including phenoxy) is 1. The summed E-state index contributed by atoms with van der Waals surface area (Å²) >= 11 is 2.16. The molecule has 178 valence electrons. The molecule has 0 saturated heterocycles. The van der Waals surface area contributed by atoms with Crippen molar-refractivity contribution in [1.29, 1.82) is 0 Å². The van der Waals surface area contributed by atoms with Gasteiger partial charge < -0.3 is 25.2 Å². The van der Waals surface area contributed by atoms with Crippen molar-refractivity contribution in [3.05, 3.63) is 39.5 Å². The summed E-state index contributed by atoms with van der Waals surface area (Å²) in [4.78, 5) is 27.2. The van der Waals surface area contributed by atoms with Gasteiger partial charge in [-0.05, 0) is 47.2 Å². The molecule has 3 atom stereocenters. The first-order chi connectivity index (χ1) is 15.4. The van der Waals surface area contributed by atoms with Crippen molar-refractivity contribution in [3.8, 4) is 5.75 Å². The van der Waals surface area contributed by atoms with Crippen molar-refractivity contribution in [3.63, 3.8) is 0 Å². The number of halogens is 1. The molecule has 8 heteroatoms. The lowest BCUT2D eigenvalue weighted by atomic mass is 9.87. The van der Waals surface area contributed by atoms with Crippen LogP contribution in [-0.2, 0) is 9.59 Å². The first-order valence-corrected chi connectivity index (χ1v) is 12.5. The third kappa shape index (κ3) is 7.45. The van der Waals surface area contributed by atoms with Crippen LogP contribution in [0.15, 0.2) is 35.9 Å². The summed E-state index contributed by atoms with van der Waals surface area (Å²) in [6.45, 7) is 4.46. The van der Waals surface area contributed by atoms with E-state index in [0.717, 1.165) is 29.3 Å². The Morgan fingerprint density at radius 3 is 2.62 bits per heavy atom. The Balaban J connectivity index is 2.32. The number of nitrogens with zero attached hydrogens (tertiary/aromatic N) is 1. The fourth-order valence-electron chi connectivity index (χ4n) is 3.85. The fraction of sp³-hybridized carbons (Fsp3) is 0.583. The first-order valence-electron chi connectivity index (χ1n) is 11.4. The highest BCUT2D eigenvalue weighted by Gasteiger charge is 2.40. The van der Waals surface area contributed by atoms with Crippen LogP contribution in [0.5, 0.6) is 5.75 Å². The van der Waals surface area contributed by atoms with Gasteiger partial charge in [-0.2, -0.15) is 0 Å². The molecule has 7 nitrogen and oxygen atoms in total. The van der Waals surface area contributed by atoms with E-state index >= 15 is 0 Å². The topological polar surface area (TPSA) is 99.1 Å². The second-order valence-corrected chi connectivity index (χ2v) is 9.11. The number of carbonyl (C=O) groups excluding carboxylic acids is 2. The second kappa shape index (κ2) is 13.8. The lowest BCUT2D eigenvalue weighted by molar-refractivity contribution is -0.138. The van der Waals surface area contributed by atoms with Gasteiger partial charge in [-0.15, -0.1) is 0 Å². The van der Waals surface area contributed by atoms with Crippen LogP contribution in [0.3, 0.4) is 0 Å². The van der Waals surface area contributed by atoms with Crippen molar-refractivity contribution in [1.82, 2.24) is 10.2 Å². The van der Waals surface area contributed by atoms with Gasteiger partial charge in [-0.3, -0.25) is 9.59 Å². The minimum absolute atomic E-state index is 0.0457. The molecule has 3 unspecified atom stereocenters. The second-order valence-electron chi connectivity index (χ2n) is 7.95. The Morgan fingerprint density at radius 1 is 1.22 bits per heavy atom. The molecular formula is C24H35IN2O5. The van der Waals surface area contributed by atoms with Gasteiger partial charge in [0.25, 0.3) is 0 Å². The number of para-hydroxylation sites is 1. The van der Waals surface area contributed by atoms with E-state index in [1.54, 1.807) is 11.0 Å². The van der Waals surface area contributed by atoms with E-state index in [4.69, 9.17) is 9.84 Å². The number of aliphatic hydroxyl groups excluding tert-OH is 2. The van der Waals surface area contributed by atoms with E-state index in [2.05, 4.69) is 34.8 Å². The van der Waals surface area contributed by atoms with Crippen LogP contribution in [-0.4, -0.2) is 64.9 Å². The summed E-state index contributed by atoms with van der Waals surface area (Å²) in [6, 6.07) is 6.91. The van der Waals surface area contributed by atoms with Gasteiger partial charge in [0.15, 0.2) is 0 Å². The fourth-order valence-corrected chi connectivity index (χ4v) is 4.37. The molecule has 0 spiro atoms. The van der Waals surface area contributed by atoms with E-state index in [0.29, 0.717) is 24.3 Å². The molecule has 2 rings (SSSR count). The van der Waals surface area contributed by atoms with Crippen LogP contribution in [0.25, 0.3) is 0 Å². The van der Waals surface area contributed by atoms with Crippen LogP contribution in [0.2, 0.25) is 0 Å². The number of hydrogen-bond donors (Lipinski definition) is 3. The van der Waals surface area contributed by atoms with Crippen molar-refractivity contribution in [2.75, 3.05) is 19.7 Å². The molecule has 1 aromatic rings. The monoisotopic (exact) mass is 558 g/mol. The zero-order valence-corrected chi connectivity index (χ0v) is 21.1. The Bertz CT molecular complexity index is 785. The largest absolute Gasteiger partial charge is 0.482 e. The first kappa shape index (κ1) is 26.6. The maximum absolute atomic E-state index is 12.8. The number of benzene rings is 1. The average Bonchev–Trinajstić information content (AvgIpc) is 2.80. The Kier molecular flexibility index (Phi) is 11.5. The molecule has 0 saturated carbocycles. The number of nitrogens with one attached hydrogen (secondary N) is 1. The summed E-state index contributed by atoms with van der Waals surface area (Å²) in [7, 11) is 0. The summed E-state index contributed by atoms with van der Waals surface area (Å²) in [5.74, 6) is 0.248. The summed E-state index contributed by atoms with van der Waals surface area (Å²) < 4.78 is 7.01. The highest BCUT2D eigenvalue weighted by molar-refractivity contribution is 14.1. The number of hydrogen-bond acceptors (Lipinski definition) is 5. The predicted octanol–water partition coefficient (Wildman–Crippen LogP) is 3.03. The molecule has 3 N–H and O–H groups in total. The minimum atomic E-state index is -0.970. The maximum Gasteiger partial charge on any atom is 0.247 e. The quantitative estimate of drug-likeness (QED) is 0.271. The lowest BCUT2D eigenvalue weighted by Crippen LogP contribution is -2.55. The van der Waals surface area contributed by atoms with Gasteiger partial charge in [0, 0.05) is 31.5 Å². The molecule has 0 aliphatic heterocycles.